The Bertz CT molecular complexity index is 256. The summed E-state index contributed by atoms with van der Waals surface area (Å²) in [6, 6.07) is 0. The maximum absolute atomic E-state index is 10.6. The van der Waals surface area contributed by atoms with Crippen molar-refractivity contribution in [1.29, 1.82) is 0 Å². The number of sulfonamides is 1. The van der Waals surface area contributed by atoms with Crippen molar-refractivity contribution in [2.24, 2.45) is 17.0 Å². The maximum Gasteiger partial charge on any atom is 0.209 e. The summed E-state index contributed by atoms with van der Waals surface area (Å²) in [7, 11) is -3.25. The topological polar surface area (TPSA) is 60.2 Å². The molecule has 1 saturated carbocycles. The number of allylic oxidation sites excluding steroid dienone is 2. The highest BCUT2D eigenvalue weighted by molar-refractivity contribution is 7.89. The molecule has 1 fully saturated rings. The predicted molar refractivity (Wildman–Crippen MR) is 44.4 cm³/mol. The van der Waals surface area contributed by atoms with E-state index in [1.165, 1.54) is 0 Å². The van der Waals surface area contributed by atoms with Gasteiger partial charge >= 0.3 is 0 Å². The zero-order chi connectivity index (χ0) is 8.48. The van der Waals surface area contributed by atoms with E-state index in [0.29, 0.717) is 5.92 Å². The highest BCUT2D eigenvalue weighted by atomic mass is 32.2. The van der Waals surface area contributed by atoms with Gasteiger partial charge in [-0.05, 0) is 25.2 Å². The molecule has 0 radical (unpaired) electrons. The van der Waals surface area contributed by atoms with Gasteiger partial charge in [0.25, 0.3) is 0 Å². The van der Waals surface area contributed by atoms with Crippen LogP contribution >= 0.6 is 0 Å². The molecule has 0 heterocycles. The van der Waals surface area contributed by atoms with Crippen LogP contribution < -0.4 is 5.14 Å². The summed E-state index contributed by atoms with van der Waals surface area (Å²) < 4.78 is 21.2. The van der Waals surface area contributed by atoms with E-state index in [-0.39, 0.29) is 11.7 Å². The number of primary sulfonamides is 1. The molecule has 0 unspecified atom stereocenters. The summed E-state index contributed by atoms with van der Waals surface area (Å²) in [4.78, 5) is 0. The molecule has 3 nitrogen and oxygen atoms in total. The van der Waals surface area contributed by atoms with Crippen LogP contribution in [-0.2, 0) is 10.0 Å². The van der Waals surface area contributed by atoms with Crippen molar-refractivity contribution < 1.29 is 8.42 Å². The lowest BCUT2D eigenvalue weighted by atomic mass is 10.3. The first-order valence-electron chi connectivity index (χ1n) is 3.66. The van der Waals surface area contributed by atoms with Crippen molar-refractivity contribution in [3.05, 3.63) is 12.2 Å². The molecule has 64 valence electrons. The van der Waals surface area contributed by atoms with Crippen LogP contribution in [0.5, 0.6) is 0 Å². The van der Waals surface area contributed by atoms with Crippen LogP contribution in [0.15, 0.2) is 12.2 Å². The third-order valence-corrected chi connectivity index (χ3v) is 2.76. The molecular formula is C7H13NO2S. The van der Waals surface area contributed by atoms with Gasteiger partial charge in [-0.25, -0.2) is 13.6 Å². The van der Waals surface area contributed by atoms with Crippen LogP contribution in [0.2, 0.25) is 0 Å². The summed E-state index contributed by atoms with van der Waals surface area (Å²) in [6.07, 6.45) is 4.96. The molecule has 0 bridgehead atoms. The summed E-state index contributed by atoms with van der Waals surface area (Å²) in [5.41, 5.74) is 0. The molecule has 0 aromatic carbocycles. The van der Waals surface area contributed by atoms with E-state index in [1.807, 2.05) is 19.1 Å². The van der Waals surface area contributed by atoms with Gasteiger partial charge in [-0.1, -0.05) is 12.2 Å². The Morgan fingerprint density at radius 2 is 2.27 bits per heavy atom. The Morgan fingerprint density at radius 1 is 1.64 bits per heavy atom. The first-order valence-corrected chi connectivity index (χ1v) is 5.38. The van der Waals surface area contributed by atoms with Crippen molar-refractivity contribution >= 4 is 10.0 Å². The molecular weight excluding hydrogens is 162 g/mol. The van der Waals surface area contributed by atoms with Gasteiger partial charge in [-0.15, -0.1) is 0 Å². The Labute approximate surface area is 67.3 Å². The highest BCUT2D eigenvalue weighted by Gasteiger charge is 2.37. The van der Waals surface area contributed by atoms with Gasteiger partial charge in [0.05, 0.1) is 5.75 Å². The lowest BCUT2D eigenvalue weighted by Gasteiger charge is -1.92. The van der Waals surface area contributed by atoms with Crippen LogP contribution in [0.25, 0.3) is 0 Å². The predicted octanol–water partition coefficient (Wildman–Crippen LogP) is 0.487. The van der Waals surface area contributed by atoms with Crippen molar-refractivity contribution in [2.75, 3.05) is 5.75 Å². The van der Waals surface area contributed by atoms with E-state index < -0.39 is 10.0 Å². The van der Waals surface area contributed by atoms with Gasteiger partial charge in [-0.3, -0.25) is 0 Å². The lowest BCUT2D eigenvalue weighted by Crippen LogP contribution is -2.18. The van der Waals surface area contributed by atoms with Crippen LogP contribution in [0.4, 0.5) is 0 Å². The first-order chi connectivity index (χ1) is 5.03. The molecule has 2 N–H and O–H groups in total. The van der Waals surface area contributed by atoms with Crippen LogP contribution in [0.3, 0.4) is 0 Å². The Hall–Kier alpha value is -0.350. The van der Waals surface area contributed by atoms with Crippen molar-refractivity contribution in [1.82, 2.24) is 0 Å². The van der Waals surface area contributed by atoms with E-state index in [2.05, 4.69) is 0 Å². The van der Waals surface area contributed by atoms with E-state index in [0.717, 1.165) is 6.42 Å². The second kappa shape index (κ2) is 2.95. The zero-order valence-electron chi connectivity index (χ0n) is 6.53. The third-order valence-electron chi connectivity index (χ3n) is 1.86. The van der Waals surface area contributed by atoms with E-state index in [9.17, 15) is 8.42 Å². The highest BCUT2D eigenvalue weighted by Crippen LogP contribution is 2.40. The molecule has 0 saturated heterocycles. The molecule has 2 atom stereocenters. The molecule has 0 amide bonds. The first kappa shape index (κ1) is 8.74. The molecule has 0 aromatic rings. The minimum absolute atomic E-state index is 0.141. The molecule has 0 aliphatic heterocycles. The smallest absolute Gasteiger partial charge is 0.209 e. The van der Waals surface area contributed by atoms with Crippen molar-refractivity contribution in [2.45, 2.75) is 13.3 Å². The normalized spacial score (nSPS) is 31.1. The second-order valence-electron chi connectivity index (χ2n) is 3.01. The number of hydrogen-bond acceptors (Lipinski definition) is 2. The Kier molecular flexibility index (Phi) is 2.34. The van der Waals surface area contributed by atoms with Crippen LogP contribution in [0, 0.1) is 11.8 Å². The summed E-state index contributed by atoms with van der Waals surface area (Å²) >= 11 is 0. The van der Waals surface area contributed by atoms with Gasteiger partial charge in [0.15, 0.2) is 0 Å². The second-order valence-corrected chi connectivity index (χ2v) is 4.67. The van der Waals surface area contributed by atoms with Gasteiger partial charge in [-0.2, -0.15) is 0 Å². The minimum Gasteiger partial charge on any atom is -0.229 e. The zero-order valence-corrected chi connectivity index (χ0v) is 7.34. The average Bonchev–Trinajstić information content (AvgIpc) is 2.44. The van der Waals surface area contributed by atoms with Gasteiger partial charge in [0, 0.05) is 0 Å². The molecule has 1 aliphatic carbocycles. The third kappa shape index (κ3) is 3.03. The van der Waals surface area contributed by atoms with E-state index >= 15 is 0 Å². The number of hydrogen-bond donors (Lipinski definition) is 1. The standard InChI is InChI=1S/C7H13NO2S/c1-2-3-6-4-7(6)5-11(8,9)10/h2-3,6-7H,4-5H2,1H3,(H2,8,9,10)/b3-2+/t6-,7-/m1/s1. The van der Waals surface area contributed by atoms with Crippen LogP contribution in [0.1, 0.15) is 13.3 Å². The SMILES string of the molecule is C/C=C/[C@@H]1C[C@@H]1CS(N)(=O)=O. The quantitative estimate of drug-likeness (QED) is 0.634. The summed E-state index contributed by atoms with van der Waals surface area (Å²) in [5, 5.41) is 4.88. The minimum atomic E-state index is -3.25. The lowest BCUT2D eigenvalue weighted by molar-refractivity contribution is 0.593. The fraction of sp³-hybridized carbons (Fsp3) is 0.714. The largest absolute Gasteiger partial charge is 0.229 e. The maximum atomic E-state index is 10.6. The molecule has 4 heteroatoms. The van der Waals surface area contributed by atoms with Crippen molar-refractivity contribution in [3.63, 3.8) is 0 Å². The molecule has 11 heavy (non-hydrogen) atoms. The van der Waals surface area contributed by atoms with Gasteiger partial charge < -0.3 is 0 Å². The summed E-state index contributed by atoms with van der Waals surface area (Å²) in [5.74, 6) is 0.877. The van der Waals surface area contributed by atoms with Crippen molar-refractivity contribution in [3.8, 4) is 0 Å². The Morgan fingerprint density at radius 3 is 2.73 bits per heavy atom. The Balaban J connectivity index is 2.35. The fourth-order valence-electron chi connectivity index (χ4n) is 1.24. The van der Waals surface area contributed by atoms with E-state index in [1.54, 1.807) is 0 Å². The molecule has 0 aromatic heterocycles. The fourth-order valence-corrected chi connectivity index (χ4v) is 2.22. The van der Waals surface area contributed by atoms with E-state index in [4.69, 9.17) is 5.14 Å². The monoisotopic (exact) mass is 175 g/mol. The average molecular weight is 175 g/mol. The van der Waals surface area contributed by atoms with Crippen LogP contribution in [-0.4, -0.2) is 14.2 Å². The van der Waals surface area contributed by atoms with Gasteiger partial charge in [0.2, 0.25) is 10.0 Å². The number of rotatable bonds is 3. The van der Waals surface area contributed by atoms with Gasteiger partial charge in [0.1, 0.15) is 0 Å². The molecule has 1 rings (SSSR count). The number of nitrogens with two attached hydrogens (primary N) is 1. The molecule has 0 spiro atoms. The summed E-state index contributed by atoms with van der Waals surface area (Å²) in [6.45, 7) is 1.94. The molecule has 1 aliphatic rings.